The van der Waals surface area contributed by atoms with Gasteiger partial charge in [0, 0.05) is 12.1 Å². The first kappa shape index (κ1) is 13.3. The van der Waals surface area contributed by atoms with Gasteiger partial charge in [-0.05, 0) is 52.6 Å². The van der Waals surface area contributed by atoms with E-state index in [4.69, 9.17) is 4.74 Å². The third kappa shape index (κ3) is 2.83. The monoisotopic (exact) mass is 241 g/mol. The molecule has 1 saturated heterocycles. The Labute approximate surface area is 105 Å². The van der Waals surface area contributed by atoms with Crippen LogP contribution in [-0.4, -0.2) is 48.5 Å². The fraction of sp³-hybridized carbons (Fsp3) is 1.00. The first-order chi connectivity index (χ1) is 8.15. The third-order valence-electron chi connectivity index (χ3n) is 4.77. The lowest BCUT2D eigenvalue weighted by Gasteiger charge is -2.41. The molecule has 2 atom stereocenters. The van der Waals surface area contributed by atoms with Crippen LogP contribution in [-0.2, 0) is 4.74 Å². The van der Waals surface area contributed by atoms with Crippen LogP contribution < -0.4 is 0 Å². The maximum absolute atomic E-state index is 10.5. The molecule has 2 aliphatic rings. The van der Waals surface area contributed by atoms with Gasteiger partial charge in [-0.25, -0.2) is 0 Å². The summed E-state index contributed by atoms with van der Waals surface area (Å²) in [6.07, 6.45) is 9.32. The lowest BCUT2D eigenvalue weighted by atomic mass is 9.85. The van der Waals surface area contributed by atoms with Gasteiger partial charge in [0.05, 0.1) is 12.2 Å². The molecule has 100 valence electrons. The van der Waals surface area contributed by atoms with E-state index in [1.165, 1.54) is 25.7 Å². The number of hydrogen-bond acceptors (Lipinski definition) is 3. The Balaban J connectivity index is 1.85. The van der Waals surface area contributed by atoms with Gasteiger partial charge in [-0.3, -0.25) is 0 Å². The second kappa shape index (κ2) is 5.68. The molecule has 1 heterocycles. The van der Waals surface area contributed by atoms with E-state index in [0.29, 0.717) is 6.10 Å². The third-order valence-corrected chi connectivity index (χ3v) is 4.77. The van der Waals surface area contributed by atoms with Crippen molar-refractivity contribution in [3.8, 4) is 0 Å². The van der Waals surface area contributed by atoms with Crippen molar-refractivity contribution < 1.29 is 9.84 Å². The fourth-order valence-corrected chi connectivity index (χ4v) is 3.55. The van der Waals surface area contributed by atoms with Crippen molar-refractivity contribution in [3.63, 3.8) is 0 Å². The molecule has 0 bridgehead atoms. The zero-order chi connectivity index (χ0) is 12.3. The van der Waals surface area contributed by atoms with E-state index in [9.17, 15) is 5.11 Å². The zero-order valence-electron chi connectivity index (χ0n) is 11.3. The molecule has 0 aromatic heterocycles. The second-order valence-corrected chi connectivity index (χ2v) is 5.93. The molecule has 2 fully saturated rings. The summed E-state index contributed by atoms with van der Waals surface area (Å²) < 4.78 is 5.63. The summed E-state index contributed by atoms with van der Waals surface area (Å²) in [4.78, 5) is 2.25. The van der Waals surface area contributed by atoms with Crippen LogP contribution in [0.5, 0.6) is 0 Å². The van der Waals surface area contributed by atoms with Crippen LogP contribution in [0.2, 0.25) is 0 Å². The molecule has 17 heavy (non-hydrogen) atoms. The number of aliphatic hydroxyl groups excluding tert-OH is 1. The Morgan fingerprint density at radius 3 is 2.53 bits per heavy atom. The Kier molecular flexibility index (Phi) is 4.45. The van der Waals surface area contributed by atoms with Crippen molar-refractivity contribution in [2.24, 2.45) is 0 Å². The zero-order valence-corrected chi connectivity index (χ0v) is 11.3. The van der Waals surface area contributed by atoms with Crippen LogP contribution in [0, 0.1) is 0 Å². The van der Waals surface area contributed by atoms with Gasteiger partial charge in [-0.15, -0.1) is 0 Å². The molecular formula is C14H27NO2. The van der Waals surface area contributed by atoms with Gasteiger partial charge in [-0.1, -0.05) is 12.8 Å². The maximum Gasteiger partial charge on any atom is 0.0724 e. The highest BCUT2D eigenvalue weighted by Crippen LogP contribution is 2.38. The number of ether oxygens (including phenoxy) is 1. The van der Waals surface area contributed by atoms with E-state index >= 15 is 0 Å². The first-order valence-corrected chi connectivity index (χ1v) is 7.12. The molecule has 2 rings (SSSR count). The Morgan fingerprint density at radius 1 is 1.29 bits per heavy atom. The number of aliphatic hydroxyl groups is 1. The van der Waals surface area contributed by atoms with Gasteiger partial charge in [0.25, 0.3) is 0 Å². The highest BCUT2D eigenvalue weighted by molar-refractivity contribution is 4.98. The van der Waals surface area contributed by atoms with Gasteiger partial charge >= 0.3 is 0 Å². The van der Waals surface area contributed by atoms with Crippen molar-refractivity contribution in [1.82, 2.24) is 4.90 Å². The van der Waals surface area contributed by atoms with Crippen LogP contribution in [0.1, 0.15) is 51.4 Å². The van der Waals surface area contributed by atoms with Crippen LogP contribution in [0.3, 0.4) is 0 Å². The van der Waals surface area contributed by atoms with Crippen molar-refractivity contribution in [2.75, 3.05) is 20.7 Å². The molecule has 2 unspecified atom stereocenters. The summed E-state index contributed by atoms with van der Waals surface area (Å²) in [6, 6.07) is 0. The maximum atomic E-state index is 10.5. The van der Waals surface area contributed by atoms with Crippen LogP contribution >= 0.6 is 0 Å². The molecule has 3 heteroatoms. The van der Waals surface area contributed by atoms with Crippen molar-refractivity contribution >= 4 is 0 Å². The molecule has 0 aromatic carbocycles. The molecule has 0 radical (unpaired) electrons. The molecule has 1 aliphatic carbocycles. The van der Waals surface area contributed by atoms with Crippen LogP contribution in [0.4, 0.5) is 0 Å². The molecule has 0 amide bonds. The molecule has 0 aromatic rings. The minimum Gasteiger partial charge on any atom is -0.391 e. The summed E-state index contributed by atoms with van der Waals surface area (Å²) in [5.74, 6) is 0. The topological polar surface area (TPSA) is 32.7 Å². The van der Waals surface area contributed by atoms with Gasteiger partial charge in [0.1, 0.15) is 0 Å². The summed E-state index contributed by atoms with van der Waals surface area (Å²) in [5.41, 5.74) is 0.0403. The smallest absolute Gasteiger partial charge is 0.0724 e. The fourth-order valence-electron chi connectivity index (χ4n) is 3.55. The number of hydrogen-bond donors (Lipinski definition) is 1. The normalized spacial score (nSPS) is 30.0. The summed E-state index contributed by atoms with van der Waals surface area (Å²) in [7, 11) is 4.22. The average Bonchev–Trinajstić information content (AvgIpc) is 2.97. The Hall–Kier alpha value is -0.120. The van der Waals surface area contributed by atoms with Gasteiger partial charge in [0.15, 0.2) is 0 Å². The Bertz CT molecular complexity index is 230. The van der Waals surface area contributed by atoms with E-state index < -0.39 is 0 Å². The van der Waals surface area contributed by atoms with E-state index in [-0.39, 0.29) is 11.6 Å². The van der Waals surface area contributed by atoms with Crippen LogP contribution in [0.15, 0.2) is 0 Å². The standard InChI is InChI=1S/C14H27NO2/c1-15(2)14(9-3-4-10-14)13(16)8-7-12-6-5-11-17-12/h12-13,16H,3-11H2,1-2H3. The molecule has 1 saturated carbocycles. The molecule has 0 spiro atoms. The summed E-state index contributed by atoms with van der Waals surface area (Å²) >= 11 is 0. The van der Waals surface area contributed by atoms with Gasteiger partial charge in [0.2, 0.25) is 0 Å². The van der Waals surface area contributed by atoms with Gasteiger partial charge in [-0.2, -0.15) is 0 Å². The quantitative estimate of drug-likeness (QED) is 0.801. The molecule has 1 aliphatic heterocycles. The predicted molar refractivity (Wildman–Crippen MR) is 69.1 cm³/mol. The largest absolute Gasteiger partial charge is 0.391 e. The number of nitrogens with zero attached hydrogens (tertiary/aromatic N) is 1. The van der Waals surface area contributed by atoms with E-state index in [1.54, 1.807) is 0 Å². The van der Waals surface area contributed by atoms with E-state index in [0.717, 1.165) is 32.3 Å². The highest BCUT2D eigenvalue weighted by atomic mass is 16.5. The van der Waals surface area contributed by atoms with Crippen molar-refractivity contribution in [3.05, 3.63) is 0 Å². The SMILES string of the molecule is CN(C)C1(C(O)CCC2CCCO2)CCCC1. The summed E-state index contributed by atoms with van der Waals surface area (Å²) in [5, 5.41) is 10.5. The molecule has 1 N–H and O–H groups in total. The predicted octanol–water partition coefficient (Wildman–Crippen LogP) is 2.18. The van der Waals surface area contributed by atoms with Gasteiger partial charge < -0.3 is 14.7 Å². The van der Waals surface area contributed by atoms with Crippen LogP contribution in [0.25, 0.3) is 0 Å². The van der Waals surface area contributed by atoms with E-state index in [2.05, 4.69) is 19.0 Å². The average molecular weight is 241 g/mol. The first-order valence-electron chi connectivity index (χ1n) is 7.12. The lowest BCUT2D eigenvalue weighted by molar-refractivity contribution is -0.0173. The van der Waals surface area contributed by atoms with Crippen molar-refractivity contribution in [2.45, 2.75) is 69.1 Å². The number of likely N-dealkylation sites (N-methyl/N-ethyl adjacent to an activating group) is 1. The second-order valence-electron chi connectivity index (χ2n) is 5.93. The highest BCUT2D eigenvalue weighted by Gasteiger charge is 2.42. The lowest BCUT2D eigenvalue weighted by Crippen LogP contribution is -2.51. The molecular weight excluding hydrogens is 214 g/mol. The number of rotatable bonds is 5. The van der Waals surface area contributed by atoms with E-state index in [1.807, 2.05) is 0 Å². The summed E-state index contributed by atoms with van der Waals surface area (Å²) in [6.45, 7) is 0.916. The molecule has 3 nitrogen and oxygen atoms in total. The minimum atomic E-state index is -0.191. The minimum absolute atomic E-state index is 0.0403. The Morgan fingerprint density at radius 2 is 2.00 bits per heavy atom. The van der Waals surface area contributed by atoms with Crippen molar-refractivity contribution in [1.29, 1.82) is 0 Å².